The Morgan fingerprint density at radius 2 is 1.80 bits per heavy atom. The van der Waals surface area contributed by atoms with Gasteiger partial charge in [-0.3, -0.25) is 4.90 Å². The lowest BCUT2D eigenvalue weighted by molar-refractivity contribution is 0.0698. The van der Waals surface area contributed by atoms with Crippen molar-refractivity contribution in [2.75, 3.05) is 53.1 Å². The maximum absolute atomic E-state index is 9.62. The highest BCUT2D eigenvalue weighted by Gasteiger charge is 2.16. The first-order chi connectivity index (χ1) is 14.2. The molecule has 0 aromatic heterocycles. The molecule has 8 heteroatoms. The Bertz CT molecular complexity index is 578. The molecule has 0 unspecified atom stereocenters. The number of likely N-dealkylation sites (tertiary alicyclic amines) is 1. The Hall–Kier alpha value is -0.940. The SMILES string of the molecule is CCNC(=NCc1ccc(CN2CCC(O)CC2)cc1)NCCCOCCOC.I. The van der Waals surface area contributed by atoms with E-state index in [2.05, 4.69) is 51.7 Å². The molecule has 0 amide bonds. The number of nitrogens with zero attached hydrogens (tertiary/aromatic N) is 2. The van der Waals surface area contributed by atoms with E-state index in [9.17, 15) is 5.11 Å². The molecule has 1 aromatic carbocycles. The molecule has 7 nitrogen and oxygen atoms in total. The third-order valence-corrected chi connectivity index (χ3v) is 4.94. The van der Waals surface area contributed by atoms with Crippen LogP contribution in [0.15, 0.2) is 29.3 Å². The van der Waals surface area contributed by atoms with Gasteiger partial charge in [-0.1, -0.05) is 24.3 Å². The number of aliphatic imine (C=N–C) groups is 1. The Morgan fingerprint density at radius 1 is 1.10 bits per heavy atom. The molecular weight excluding hydrogens is 495 g/mol. The lowest BCUT2D eigenvalue weighted by Gasteiger charge is -2.29. The maximum atomic E-state index is 9.62. The lowest BCUT2D eigenvalue weighted by atomic mass is 10.1. The quantitative estimate of drug-likeness (QED) is 0.166. The summed E-state index contributed by atoms with van der Waals surface area (Å²) in [6.07, 6.45) is 2.57. The number of piperidine rings is 1. The van der Waals surface area contributed by atoms with Crippen molar-refractivity contribution in [1.29, 1.82) is 0 Å². The molecule has 30 heavy (non-hydrogen) atoms. The summed E-state index contributed by atoms with van der Waals surface area (Å²) in [4.78, 5) is 7.09. The molecule has 1 saturated heterocycles. The van der Waals surface area contributed by atoms with Crippen LogP contribution in [0, 0.1) is 0 Å². The first-order valence-corrected chi connectivity index (χ1v) is 10.8. The molecule has 2 rings (SSSR count). The van der Waals surface area contributed by atoms with Crippen LogP contribution in [0.25, 0.3) is 0 Å². The van der Waals surface area contributed by atoms with Crippen LogP contribution in [0.4, 0.5) is 0 Å². The van der Waals surface area contributed by atoms with E-state index >= 15 is 0 Å². The standard InChI is InChI=1S/C22H38N4O3.HI/c1-3-23-22(24-11-4-14-29-16-15-28-2)25-17-19-5-7-20(8-6-19)18-26-12-9-21(27)10-13-26;/h5-8,21,27H,3-4,9-18H2,1-2H3,(H2,23,24,25);1H. The van der Waals surface area contributed by atoms with Crippen LogP contribution >= 0.6 is 24.0 Å². The van der Waals surface area contributed by atoms with Crippen molar-refractivity contribution >= 4 is 29.9 Å². The van der Waals surface area contributed by atoms with E-state index in [4.69, 9.17) is 9.47 Å². The van der Waals surface area contributed by atoms with Gasteiger partial charge in [0.2, 0.25) is 0 Å². The molecule has 0 saturated carbocycles. The van der Waals surface area contributed by atoms with Gasteiger partial charge in [-0.05, 0) is 37.3 Å². The van der Waals surface area contributed by atoms with Gasteiger partial charge in [0.1, 0.15) is 0 Å². The lowest BCUT2D eigenvalue weighted by Crippen LogP contribution is -2.38. The van der Waals surface area contributed by atoms with Gasteiger partial charge in [-0.15, -0.1) is 24.0 Å². The second kappa shape index (κ2) is 16.7. The fraction of sp³-hybridized carbons (Fsp3) is 0.682. The van der Waals surface area contributed by atoms with E-state index in [1.54, 1.807) is 7.11 Å². The molecule has 1 aliphatic heterocycles. The molecule has 172 valence electrons. The third kappa shape index (κ3) is 11.5. The number of methoxy groups -OCH3 is 1. The topological polar surface area (TPSA) is 78.4 Å². The Labute approximate surface area is 198 Å². The zero-order valence-corrected chi connectivity index (χ0v) is 20.8. The molecule has 0 atom stereocenters. The second-order valence-electron chi connectivity index (χ2n) is 7.40. The Kier molecular flexibility index (Phi) is 15.1. The molecule has 0 aliphatic carbocycles. The van der Waals surface area contributed by atoms with Gasteiger partial charge in [0.05, 0.1) is 25.9 Å². The monoisotopic (exact) mass is 534 g/mol. The largest absolute Gasteiger partial charge is 0.393 e. The normalized spacial score (nSPS) is 15.6. The van der Waals surface area contributed by atoms with Gasteiger partial charge in [0, 0.05) is 46.4 Å². The summed E-state index contributed by atoms with van der Waals surface area (Å²) in [5.74, 6) is 0.834. The number of nitrogens with one attached hydrogen (secondary N) is 2. The van der Waals surface area contributed by atoms with Gasteiger partial charge in [-0.2, -0.15) is 0 Å². The number of aliphatic hydroxyl groups excluding tert-OH is 1. The molecule has 1 aliphatic rings. The fourth-order valence-electron chi connectivity index (χ4n) is 3.22. The van der Waals surface area contributed by atoms with Crippen LogP contribution in [0.2, 0.25) is 0 Å². The van der Waals surface area contributed by atoms with Gasteiger partial charge >= 0.3 is 0 Å². The number of guanidine groups is 1. The number of hydrogen-bond donors (Lipinski definition) is 3. The predicted octanol–water partition coefficient (Wildman–Crippen LogP) is 2.37. The van der Waals surface area contributed by atoms with E-state index in [0.717, 1.165) is 57.9 Å². The fourth-order valence-corrected chi connectivity index (χ4v) is 3.22. The van der Waals surface area contributed by atoms with Crippen LogP contribution < -0.4 is 10.6 Å². The zero-order valence-electron chi connectivity index (χ0n) is 18.4. The van der Waals surface area contributed by atoms with E-state index in [1.807, 2.05) is 0 Å². The van der Waals surface area contributed by atoms with Crippen LogP contribution in [0.3, 0.4) is 0 Å². The average Bonchev–Trinajstić information content (AvgIpc) is 2.74. The van der Waals surface area contributed by atoms with Crippen LogP contribution in [0.5, 0.6) is 0 Å². The number of halogens is 1. The van der Waals surface area contributed by atoms with Crippen molar-refractivity contribution in [3.63, 3.8) is 0 Å². The van der Waals surface area contributed by atoms with Gasteiger partial charge in [0.25, 0.3) is 0 Å². The zero-order chi connectivity index (χ0) is 20.7. The van der Waals surface area contributed by atoms with Gasteiger partial charge in [0.15, 0.2) is 5.96 Å². The highest BCUT2D eigenvalue weighted by Crippen LogP contribution is 2.14. The average molecular weight is 534 g/mol. The molecular formula is C22H39IN4O3. The first kappa shape index (κ1) is 27.1. The number of benzene rings is 1. The van der Waals surface area contributed by atoms with Crippen molar-refractivity contribution in [2.45, 2.75) is 45.4 Å². The van der Waals surface area contributed by atoms with Gasteiger partial charge < -0.3 is 25.2 Å². The molecule has 0 bridgehead atoms. The highest BCUT2D eigenvalue weighted by atomic mass is 127. The molecule has 1 aromatic rings. The summed E-state index contributed by atoms with van der Waals surface area (Å²) in [5, 5.41) is 16.3. The maximum Gasteiger partial charge on any atom is 0.191 e. The van der Waals surface area contributed by atoms with Crippen LogP contribution in [0.1, 0.15) is 37.3 Å². The number of aliphatic hydroxyl groups is 1. The summed E-state index contributed by atoms with van der Waals surface area (Å²) in [7, 11) is 1.68. The second-order valence-corrected chi connectivity index (χ2v) is 7.40. The van der Waals surface area contributed by atoms with E-state index in [0.29, 0.717) is 26.4 Å². The van der Waals surface area contributed by atoms with Crippen molar-refractivity contribution < 1.29 is 14.6 Å². The van der Waals surface area contributed by atoms with Crippen molar-refractivity contribution in [2.24, 2.45) is 4.99 Å². The summed E-state index contributed by atoms with van der Waals surface area (Å²) in [5.41, 5.74) is 2.51. The minimum atomic E-state index is -0.116. The minimum Gasteiger partial charge on any atom is -0.393 e. The minimum absolute atomic E-state index is 0. The summed E-state index contributed by atoms with van der Waals surface area (Å²) in [6, 6.07) is 8.69. The van der Waals surface area contributed by atoms with Crippen LogP contribution in [-0.2, 0) is 22.6 Å². The summed E-state index contributed by atoms with van der Waals surface area (Å²) in [6.45, 7) is 9.26. The Morgan fingerprint density at radius 3 is 2.47 bits per heavy atom. The Balaban J connectivity index is 0.00000450. The molecule has 1 fully saturated rings. The van der Waals surface area contributed by atoms with E-state index in [-0.39, 0.29) is 30.1 Å². The molecule has 3 N–H and O–H groups in total. The van der Waals surface area contributed by atoms with E-state index in [1.165, 1.54) is 11.1 Å². The van der Waals surface area contributed by atoms with Gasteiger partial charge in [-0.25, -0.2) is 4.99 Å². The smallest absolute Gasteiger partial charge is 0.191 e. The summed E-state index contributed by atoms with van der Waals surface area (Å²) >= 11 is 0. The first-order valence-electron chi connectivity index (χ1n) is 10.8. The molecule has 0 spiro atoms. The number of hydrogen-bond acceptors (Lipinski definition) is 5. The highest BCUT2D eigenvalue weighted by molar-refractivity contribution is 14.0. The van der Waals surface area contributed by atoms with Crippen molar-refractivity contribution in [3.05, 3.63) is 35.4 Å². The van der Waals surface area contributed by atoms with Crippen molar-refractivity contribution in [3.8, 4) is 0 Å². The van der Waals surface area contributed by atoms with Crippen LogP contribution in [-0.4, -0.2) is 75.2 Å². The van der Waals surface area contributed by atoms with E-state index < -0.39 is 0 Å². The number of ether oxygens (including phenoxy) is 2. The third-order valence-electron chi connectivity index (χ3n) is 4.94. The molecule has 0 radical (unpaired) electrons. The summed E-state index contributed by atoms with van der Waals surface area (Å²) < 4.78 is 10.4. The molecule has 1 heterocycles. The predicted molar refractivity (Wildman–Crippen MR) is 133 cm³/mol. The van der Waals surface area contributed by atoms with Crippen molar-refractivity contribution in [1.82, 2.24) is 15.5 Å². The number of rotatable bonds is 12.